The Balaban J connectivity index is 1.35. The van der Waals surface area contributed by atoms with Crippen LogP contribution in [0.15, 0.2) is 38.9 Å². The molecule has 2 aromatic heterocycles. The molecule has 6 nitrogen and oxygen atoms in total. The third kappa shape index (κ3) is 4.00. The maximum absolute atomic E-state index is 12.1. The zero-order chi connectivity index (χ0) is 18.0. The van der Waals surface area contributed by atoms with E-state index in [1.807, 2.05) is 17.5 Å². The molecule has 3 heterocycles. The highest BCUT2D eigenvalue weighted by atomic mass is 32.1. The second kappa shape index (κ2) is 7.50. The maximum atomic E-state index is 12.1. The molecule has 0 saturated carbocycles. The van der Waals surface area contributed by atoms with Gasteiger partial charge in [0.15, 0.2) is 0 Å². The summed E-state index contributed by atoms with van der Waals surface area (Å²) in [7, 11) is 0. The van der Waals surface area contributed by atoms with Crippen LogP contribution in [0.2, 0.25) is 0 Å². The van der Waals surface area contributed by atoms with Crippen molar-refractivity contribution >= 4 is 11.3 Å². The number of allylic oxidation sites excluding steroid dienone is 2. The molecule has 1 aliphatic heterocycles. The van der Waals surface area contributed by atoms with Gasteiger partial charge in [0, 0.05) is 19.6 Å². The molecule has 2 aromatic rings. The van der Waals surface area contributed by atoms with Crippen molar-refractivity contribution in [1.82, 2.24) is 14.7 Å². The molecule has 0 radical (unpaired) electrons. The summed E-state index contributed by atoms with van der Waals surface area (Å²) in [4.78, 5) is 15.4. The first-order valence-electron chi connectivity index (χ1n) is 9.33. The summed E-state index contributed by atoms with van der Waals surface area (Å²) in [5.74, 6) is 0.562. The second-order valence-electron chi connectivity index (χ2n) is 7.48. The molecule has 0 unspecified atom stereocenters. The van der Waals surface area contributed by atoms with Crippen LogP contribution in [0.5, 0.6) is 0 Å². The van der Waals surface area contributed by atoms with Gasteiger partial charge in [0.2, 0.25) is 0 Å². The fourth-order valence-electron chi connectivity index (χ4n) is 3.88. The van der Waals surface area contributed by atoms with Crippen molar-refractivity contribution in [2.24, 2.45) is 5.92 Å². The van der Waals surface area contributed by atoms with Crippen LogP contribution in [-0.2, 0) is 6.54 Å². The molecular formula is C19H25N3O3S. The zero-order valence-electron chi connectivity index (χ0n) is 14.8. The third-order valence-electron chi connectivity index (χ3n) is 5.46. The van der Waals surface area contributed by atoms with Crippen LogP contribution in [0.4, 0.5) is 0 Å². The number of thiophene rings is 1. The summed E-state index contributed by atoms with van der Waals surface area (Å²) >= 11 is 1.48. The molecule has 0 spiro atoms. The van der Waals surface area contributed by atoms with E-state index in [1.165, 1.54) is 35.3 Å². The number of likely N-dealkylation sites (tertiary alicyclic amines) is 1. The van der Waals surface area contributed by atoms with Crippen molar-refractivity contribution in [3.63, 3.8) is 0 Å². The summed E-state index contributed by atoms with van der Waals surface area (Å²) in [6.45, 7) is 3.02. The summed E-state index contributed by atoms with van der Waals surface area (Å²) < 4.78 is 6.52. The average molecular weight is 375 g/mol. The summed E-state index contributed by atoms with van der Waals surface area (Å²) in [6, 6.07) is 3.76. The fourth-order valence-corrected chi connectivity index (χ4v) is 4.53. The number of hydrogen-bond acceptors (Lipinski definition) is 6. The van der Waals surface area contributed by atoms with Crippen molar-refractivity contribution in [2.75, 3.05) is 19.6 Å². The van der Waals surface area contributed by atoms with Gasteiger partial charge in [-0.25, -0.2) is 4.79 Å². The van der Waals surface area contributed by atoms with Gasteiger partial charge >= 0.3 is 5.76 Å². The molecule has 0 bridgehead atoms. The Morgan fingerprint density at radius 1 is 1.35 bits per heavy atom. The molecule has 1 saturated heterocycles. The highest BCUT2D eigenvalue weighted by molar-refractivity contribution is 7.13. The van der Waals surface area contributed by atoms with Crippen molar-refractivity contribution < 1.29 is 9.52 Å². The number of nitrogens with zero attached hydrogens (tertiary/aromatic N) is 3. The highest BCUT2D eigenvalue weighted by Crippen LogP contribution is 2.27. The van der Waals surface area contributed by atoms with E-state index >= 15 is 0 Å². The Labute approximate surface area is 156 Å². The zero-order valence-corrected chi connectivity index (χ0v) is 15.7. The van der Waals surface area contributed by atoms with E-state index in [0.29, 0.717) is 18.7 Å². The normalized spacial score (nSPS) is 23.3. The van der Waals surface area contributed by atoms with Gasteiger partial charge in [-0.1, -0.05) is 18.2 Å². The van der Waals surface area contributed by atoms with Crippen LogP contribution < -0.4 is 5.76 Å². The summed E-state index contributed by atoms with van der Waals surface area (Å²) in [5.41, 5.74) is -0.892. The Bertz CT molecular complexity index is 800. The lowest BCUT2D eigenvalue weighted by Gasteiger charge is -2.39. The van der Waals surface area contributed by atoms with E-state index in [2.05, 4.69) is 22.2 Å². The maximum Gasteiger partial charge on any atom is 0.437 e. The highest BCUT2D eigenvalue weighted by Gasteiger charge is 2.34. The van der Waals surface area contributed by atoms with Gasteiger partial charge < -0.3 is 14.4 Å². The van der Waals surface area contributed by atoms with E-state index in [9.17, 15) is 9.90 Å². The molecular weight excluding hydrogens is 350 g/mol. The van der Waals surface area contributed by atoms with E-state index in [-0.39, 0.29) is 6.54 Å². The third-order valence-corrected chi connectivity index (χ3v) is 6.32. The summed E-state index contributed by atoms with van der Waals surface area (Å²) in [5, 5.41) is 17.1. The Morgan fingerprint density at radius 3 is 2.88 bits per heavy atom. The van der Waals surface area contributed by atoms with Crippen molar-refractivity contribution in [1.29, 1.82) is 0 Å². The van der Waals surface area contributed by atoms with Gasteiger partial charge in [-0.3, -0.25) is 0 Å². The van der Waals surface area contributed by atoms with Crippen LogP contribution in [0.25, 0.3) is 10.8 Å². The molecule has 7 heteroatoms. The van der Waals surface area contributed by atoms with E-state index < -0.39 is 11.4 Å². The first kappa shape index (κ1) is 17.7. The van der Waals surface area contributed by atoms with Crippen LogP contribution in [-0.4, -0.2) is 45.0 Å². The second-order valence-corrected chi connectivity index (χ2v) is 8.43. The van der Waals surface area contributed by atoms with Gasteiger partial charge in [-0.2, -0.15) is 4.68 Å². The van der Waals surface area contributed by atoms with Gasteiger partial charge in [-0.15, -0.1) is 16.4 Å². The van der Waals surface area contributed by atoms with Crippen LogP contribution in [0.1, 0.15) is 32.1 Å². The lowest BCUT2D eigenvalue weighted by molar-refractivity contribution is -0.0402. The van der Waals surface area contributed by atoms with Gasteiger partial charge in [0.1, 0.15) is 0 Å². The Kier molecular flexibility index (Phi) is 5.11. The minimum atomic E-state index is -0.892. The number of piperidine rings is 1. The number of rotatable bonds is 5. The molecule has 140 valence electrons. The molecule has 0 amide bonds. The minimum Gasteiger partial charge on any atom is -0.388 e. The molecule has 0 aromatic carbocycles. The number of aliphatic hydroxyl groups is 1. The predicted molar refractivity (Wildman–Crippen MR) is 101 cm³/mol. The van der Waals surface area contributed by atoms with Crippen molar-refractivity contribution in [3.8, 4) is 10.8 Å². The first-order valence-corrected chi connectivity index (χ1v) is 10.2. The molecule has 1 aliphatic carbocycles. The van der Waals surface area contributed by atoms with Gasteiger partial charge in [0.25, 0.3) is 5.89 Å². The fraction of sp³-hybridized carbons (Fsp3) is 0.579. The Hall–Kier alpha value is -1.70. The summed E-state index contributed by atoms with van der Waals surface area (Å²) in [6.07, 6.45) is 9.48. The van der Waals surface area contributed by atoms with Crippen molar-refractivity contribution in [2.45, 2.75) is 44.2 Å². The topological polar surface area (TPSA) is 71.5 Å². The van der Waals surface area contributed by atoms with E-state index in [0.717, 1.165) is 30.4 Å². The van der Waals surface area contributed by atoms with Crippen LogP contribution in [0, 0.1) is 5.92 Å². The molecule has 2 aliphatic rings. The smallest absolute Gasteiger partial charge is 0.388 e. The average Bonchev–Trinajstić information content (AvgIpc) is 3.29. The van der Waals surface area contributed by atoms with Crippen molar-refractivity contribution in [3.05, 3.63) is 40.2 Å². The number of aromatic nitrogens is 2. The predicted octanol–water partition coefficient (Wildman–Crippen LogP) is 2.75. The van der Waals surface area contributed by atoms with Crippen LogP contribution >= 0.6 is 11.3 Å². The molecule has 1 N–H and O–H groups in total. The molecule has 1 fully saturated rings. The molecule has 1 atom stereocenters. The van der Waals surface area contributed by atoms with E-state index in [4.69, 9.17) is 4.42 Å². The lowest BCUT2D eigenvalue weighted by Crippen LogP contribution is -2.49. The quantitative estimate of drug-likeness (QED) is 0.814. The lowest BCUT2D eigenvalue weighted by atomic mass is 9.89. The monoisotopic (exact) mass is 375 g/mol. The standard InChI is InChI=1S/C19H25N3O3S/c23-18-22(20-17(25-18)16-7-4-12-26-16)14-19(24)8-10-21(11-9-19)13-15-5-2-1-3-6-15/h1-2,4,7,12,15,24H,3,5-6,8-11,13-14H2/t15-/m0/s1. The minimum absolute atomic E-state index is 0.195. The SMILES string of the molecule is O=c1oc(-c2cccs2)nn1CC1(O)CCN(C[C@H]2CC=CCC2)CC1. The first-order chi connectivity index (χ1) is 12.6. The Morgan fingerprint density at radius 2 is 2.19 bits per heavy atom. The molecule has 26 heavy (non-hydrogen) atoms. The molecule has 4 rings (SSSR count). The van der Waals surface area contributed by atoms with Crippen LogP contribution in [0.3, 0.4) is 0 Å². The van der Waals surface area contributed by atoms with E-state index in [1.54, 1.807) is 0 Å². The van der Waals surface area contributed by atoms with Gasteiger partial charge in [0.05, 0.1) is 17.0 Å². The largest absolute Gasteiger partial charge is 0.437 e. The number of hydrogen-bond donors (Lipinski definition) is 1. The van der Waals surface area contributed by atoms with Gasteiger partial charge in [-0.05, 0) is 49.5 Å².